The topological polar surface area (TPSA) is 58.6 Å². The molecule has 2 amide bonds. The zero-order valence-electron chi connectivity index (χ0n) is 12.9. The van der Waals surface area contributed by atoms with E-state index in [2.05, 4.69) is 5.43 Å². The van der Waals surface area contributed by atoms with E-state index in [1.165, 1.54) is 5.01 Å². The van der Waals surface area contributed by atoms with E-state index in [4.69, 9.17) is 4.74 Å². The van der Waals surface area contributed by atoms with E-state index in [1.54, 1.807) is 31.4 Å². The van der Waals surface area contributed by atoms with Crippen LogP contribution in [0.25, 0.3) is 0 Å². The minimum absolute atomic E-state index is 0.0688. The van der Waals surface area contributed by atoms with Crippen LogP contribution in [0, 0.1) is 0 Å². The quantitative estimate of drug-likeness (QED) is 0.943. The fourth-order valence-electron chi connectivity index (χ4n) is 2.69. The lowest BCUT2D eigenvalue weighted by molar-refractivity contribution is -0.129. The average Bonchev–Trinajstić information content (AvgIpc) is 2.96. The van der Waals surface area contributed by atoms with Crippen molar-refractivity contribution in [2.45, 2.75) is 12.3 Å². The van der Waals surface area contributed by atoms with Crippen LogP contribution in [-0.4, -0.2) is 30.5 Å². The zero-order valence-corrected chi connectivity index (χ0v) is 12.9. The van der Waals surface area contributed by atoms with Gasteiger partial charge in [0.2, 0.25) is 5.91 Å². The van der Waals surface area contributed by atoms with Crippen LogP contribution in [0.1, 0.15) is 28.3 Å². The van der Waals surface area contributed by atoms with Gasteiger partial charge in [0.1, 0.15) is 5.75 Å². The molecule has 0 bridgehead atoms. The highest BCUT2D eigenvalue weighted by atomic mass is 16.5. The minimum Gasteiger partial charge on any atom is -0.497 e. The van der Waals surface area contributed by atoms with Crippen LogP contribution in [0.5, 0.6) is 5.75 Å². The molecule has 5 heteroatoms. The van der Waals surface area contributed by atoms with Gasteiger partial charge in [-0.2, -0.15) is 0 Å². The Bertz CT molecular complexity index is 698. The van der Waals surface area contributed by atoms with Crippen molar-refractivity contribution in [1.82, 2.24) is 10.4 Å². The lowest BCUT2D eigenvalue weighted by Gasteiger charge is -2.18. The van der Waals surface area contributed by atoms with Gasteiger partial charge >= 0.3 is 0 Å². The lowest BCUT2D eigenvalue weighted by atomic mass is 9.99. The second-order valence-electron chi connectivity index (χ2n) is 5.49. The molecule has 5 nitrogen and oxygen atoms in total. The molecule has 1 heterocycles. The van der Waals surface area contributed by atoms with Gasteiger partial charge in [-0.05, 0) is 29.8 Å². The SMILES string of the molecule is COc1ccc(C(=O)NN2CC(c3ccccc3)CC2=O)cc1. The summed E-state index contributed by atoms with van der Waals surface area (Å²) in [5, 5.41) is 1.41. The summed E-state index contributed by atoms with van der Waals surface area (Å²) in [5.41, 5.74) is 4.29. The van der Waals surface area contributed by atoms with Gasteiger partial charge in [0.15, 0.2) is 0 Å². The fourth-order valence-corrected chi connectivity index (χ4v) is 2.69. The molecule has 3 rings (SSSR count). The Labute approximate surface area is 134 Å². The van der Waals surface area contributed by atoms with Crippen molar-refractivity contribution in [2.75, 3.05) is 13.7 Å². The van der Waals surface area contributed by atoms with Gasteiger partial charge in [0, 0.05) is 24.4 Å². The number of amides is 2. The van der Waals surface area contributed by atoms with Crippen LogP contribution >= 0.6 is 0 Å². The molecule has 1 unspecified atom stereocenters. The Balaban J connectivity index is 1.65. The van der Waals surface area contributed by atoms with E-state index in [0.717, 1.165) is 5.56 Å². The highest BCUT2D eigenvalue weighted by Crippen LogP contribution is 2.26. The van der Waals surface area contributed by atoms with Gasteiger partial charge in [-0.15, -0.1) is 0 Å². The number of rotatable bonds is 4. The van der Waals surface area contributed by atoms with Gasteiger partial charge < -0.3 is 4.74 Å². The molecular weight excluding hydrogens is 292 g/mol. The summed E-state index contributed by atoms with van der Waals surface area (Å²) < 4.78 is 5.07. The van der Waals surface area contributed by atoms with Crippen molar-refractivity contribution in [3.63, 3.8) is 0 Å². The van der Waals surface area contributed by atoms with Crippen LogP contribution in [0.15, 0.2) is 54.6 Å². The Morgan fingerprint density at radius 3 is 2.48 bits per heavy atom. The number of carbonyl (C=O) groups is 2. The predicted octanol–water partition coefficient (Wildman–Crippen LogP) is 2.36. The molecule has 0 aromatic heterocycles. The molecule has 0 spiro atoms. The third-order valence-electron chi connectivity index (χ3n) is 3.98. The predicted molar refractivity (Wildman–Crippen MR) is 86.0 cm³/mol. The van der Waals surface area contributed by atoms with Crippen molar-refractivity contribution in [3.05, 3.63) is 65.7 Å². The van der Waals surface area contributed by atoms with Gasteiger partial charge in [-0.1, -0.05) is 30.3 Å². The highest BCUT2D eigenvalue weighted by Gasteiger charge is 2.31. The molecule has 1 atom stereocenters. The van der Waals surface area contributed by atoms with Gasteiger partial charge in [0.05, 0.1) is 7.11 Å². The maximum atomic E-state index is 12.2. The van der Waals surface area contributed by atoms with Crippen LogP contribution in [0.4, 0.5) is 0 Å². The first-order valence-electron chi connectivity index (χ1n) is 7.47. The summed E-state index contributed by atoms with van der Waals surface area (Å²) in [6.45, 7) is 0.491. The Kier molecular flexibility index (Phi) is 4.28. The molecule has 0 saturated carbocycles. The maximum Gasteiger partial charge on any atom is 0.269 e. The number of carbonyl (C=O) groups excluding carboxylic acids is 2. The third kappa shape index (κ3) is 3.34. The van der Waals surface area contributed by atoms with Crippen LogP contribution < -0.4 is 10.2 Å². The lowest BCUT2D eigenvalue weighted by Crippen LogP contribution is -2.43. The van der Waals surface area contributed by atoms with Crippen LogP contribution in [-0.2, 0) is 4.79 Å². The first-order valence-corrected chi connectivity index (χ1v) is 7.47. The third-order valence-corrected chi connectivity index (χ3v) is 3.98. The monoisotopic (exact) mass is 310 g/mol. The van der Waals surface area contributed by atoms with E-state index >= 15 is 0 Å². The molecule has 1 fully saturated rings. The molecular formula is C18H18N2O3. The first kappa shape index (κ1) is 15.1. The number of nitrogens with one attached hydrogen (secondary N) is 1. The molecule has 0 aliphatic carbocycles. The van der Waals surface area contributed by atoms with Gasteiger partial charge in [-0.3, -0.25) is 20.0 Å². The van der Waals surface area contributed by atoms with Crippen molar-refractivity contribution >= 4 is 11.8 Å². The number of hydrogen-bond acceptors (Lipinski definition) is 3. The Hall–Kier alpha value is -2.82. The molecule has 2 aromatic rings. The van der Waals surface area contributed by atoms with E-state index in [-0.39, 0.29) is 17.7 Å². The smallest absolute Gasteiger partial charge is 0.269 e. The van der Waals surface area contributed by atoms with Gasteiger partial charge in [-0.25, -0.2) is 0 Å². The second kappa shape index (κ2) is 6.52. The number of ether oxygens (including phenoxy) is 1. The van der Waals surface area contributed by atoms with Crippen LogP contribution in [0.2, 0.25) is 0 Å². The van der Waals surface area contributed by atoms with E-state index < -0.39 is 0 Å². The average molecular weight is 310 g/mol. The number of methoxy groups -OCH3 is 1. The summed E-state index contributed by atoms with van der Waals surface area (Å²) in [4.78, 5) is 24.4. The number of benzene rings is 2. The standard InChI is InChI=1S/C18H18N2O3/c1-23-16-9-7-14(8-10-16)18(22)19-20-12-15(11-17(20)21)13-5-3-2-4-6-13/h2-10,15H,11-12H2,1H3,(H,19,22). The Morgan fingerprint density at radius 1 is 1.13 bits per heavy atom. The molecule has 1 aliphatic rings. The van der Waals surface area contributed by atoms with E-state index in [1.807, 2.05) is 30.3 Å². The summed E-state index contributed by atoms with van der Waals surface area (Å²) in [7, 11) is 1.57. The number of hydrazine groups is 1. The van der Waals surface area contributed by atoms with E-state index in [9.17, 15) is 9.59 Å². The molecule has 1 N–H and O–H groups in total. The zero-order chi connectivity index (χ0) is 16.2. The maximum absolute atomic E-state index is 12.2. The molecule has 23 heavy (non-hydrogen) atoms. The van der Waals surface area contributed by atoms with Crippen molar-refractivity contribution < 1.29 is 14.3 Å². The molecule has 1 saturated heterocycles. The van der Waals surface area contributed by atoms with Crippen LogP contribution in [0.3, 0.4) is 0 Å². The molecule has 1 aliphatic heterocycles. The second-order valence-corrected chi connectivity index (χ2v) is 5.49. The summed E-state index contributed by atoms with van der Waals surface area (Å²) >= 11 is 0. The fraction of sp³-hybridized carbons (Fsp3) is 0.222. The Morgan fingerprint density at radius 2 is 1.83 bits per heavy atom. The normalized spacial score (nSPS) is 17.2. The summed E-state index contributed by atoms with van der Waals surface area (Å²) in [6, 6.07) is 16.6. The highest BCUT2D eigenvalue weighted by molar-refractivity contribution is 5.95. The molecule has 2 aromatic carbocycles. The number of nitrogens with zero attached hydrogens (tertiary/aromatic N) is 1. The van der Waals surface area contributed by atoms with Crippen molar-refractivity contribution in [3.8, 4) is 5.75 Å². The number of hydrogen-bond donors (Lipinski definition) is 1. The van der Waals surface area contributed by atoms with E-state index in [0.29, 0.717) is 24.3 Å². The van der Waals surface area contributed by atoms with Crippen molar-refractivity contribution in [2.24, 2.45) is 0 Å². The molecule has 0 radical (unpaired) electrons. The summed E-state index contributed by atoms with van der Waals surface area (Å²) in [6.07, 6.45) is 0.410. The minimum atomic E-state index is -0.297. The van der Waals surface area contributed by atoms with Gasteiger partial charge in [0.25, 0.3) is 5.91 Å². The largest absolute Gasteiger partial charge is 0.497 e. The molecule has 118 valence electrons. The summed E-state index contributed by atoms with van der Waals surface area (Å²) in [5.74, 6) is 0.429. The van der Waals surface area contributed by atoms with Crippen molar-refractivity contribution in [1.29, 1.82) is 0 Å². The first-order chi connectivity index (χ1) is 11.2.